The Morgan fingerprint density at radius 3 is 2.41 bits per heavy atom. The third kappa shape index (κ3) is 3.92. The van der Waals surface area contributed by atoms with E-state index in [1.165, 1.54) is 24.3 Å². The summed E-state index contributed by atoms with van der Waals surface area (Å²) in [6.07, 6.45) is 0.808. The van der Waals surface area contributed by atoms with E-state index < -0.39 is 10.0 Å². The number of nitrogens with two attached hydrogens (primary N) is 1. The molecule has 0 radical (unpaired) electrons. The monoisotopic (exact) mass is 323 g/mol. The van der Waals surface area contributed by atoms with Crippen LogP contribution in [0, 0.1) is 13.8 Å². The lowest BCUT2D eigenvalue weighted by molar-refractivity contribution is -0.116. The van der Waals surface area contributed by atoms with Gasteiger partial charge in [-0.15, -0.1) is 0 Å². The normalized spacial score (nSPS) is 11.4. The second kappa shape index (κ2) is 6.29. The third-order valence-electron chi connectivity index (χ3n) is 3.25. The summed E-state index contributed by atoms with van der Waals surface area (Å²) < 4.78 is 27.3. The van der Waals surface area contributed by atoms with Gasteiger partial charge in [0.15, 0.2) is 0 Å². The van der Waals surface area contributed by atoms with Crippen molar-refractivity contribution in [3.8, 4) is 0 Å². The maximum absolute atomic E-state index is 11.9. The summed E-state index contributed by atoms with van der Waals surface area (Å²) in [6, 6.07) is 5.68. The van der Waals surface area contributed by atoms with Crippen molar-refractivity contribution in [2.45, 2.75) is 31.6 Å². The molecule has 1 amide bonds. The van der Waals surface area contributed by atoms with Gasteiger partial charge >= 0.3 is 0 Å². The molecule has 0 unspecified atom stereocenters. The lowest BCUT2D eigenvalue weighted by atomic mass is 10.1. The van der Waals surface area contributed by atoms with Gasteiger partial charge in [-0.05, 0) is 44.5 Å². The molecule has 0 aliphatic carbocycles. The number of amides is 1. The predicted molar refractivity (Wildman–Crippen MR) is 80.7 cm³/mol. The standard InChI is InChI=1S/C14H17N3O4S/c1-9-13(10(2)21-17-9)7-8-14(18)16-11-3-5-12(6-4-11)22(15,19)20/h3-6H,7-8H2,1-2H3,(H,16,18)(H2,15,19,20). The Kier molecular flexibility index (Phi) is 4.62. The molecule has 0 spiro atoms. The highest BCUT2D eigenvalue weighted by Crippen LogP contribution is 2.16. The fourth-order valence-electron chi connectivity index (χ4n) is 2.05. The van der Waals surface area contributed by atoms with E-state index in [4.69, 9.17) is 9.66 Å². The average molecular weight is 323 g/mol. The number of hydrogen-bond acceptors (Lipinski definition) is 5. The highest BCUT2D eigenvalue weighted by molar-refractivity contribution is 7.89. The minimum absolute atomic E-state index is 0.00113. The molecule has 0 aliphatic rings. The first-order chi connectivity index (χ1) is 10.3. The van der Waals surface area contributed by atoms with Gasteiger partial charge in [-0.3, -0.25) is 4.79 Å². The van der Waals surface area contributed by atoms with Crippen LogP contribution in [0.15, 0.2) is 33.7 Å². The fraction of sp³-hybridized carbons (Fsp3) is 0.286. The second-order valence-corrected chi connectivity index (χ2v) is 6.48. The van der Waals surface area contributed by atoms with Crippen molar-refractivity contribution >= 4 is 21.6 Å². The number of anilines is 1. The number of aromatic nitrogens is 1. The first-order valence-corrected chi connectivity index (χ1v) is 8.16. The van der Waals surface area contributed by atoms with Crippen molar-refractivity contribution < 1.29 is 17.7 Å². The molecule has 0 aliphatic heterocycles. The van der Waals surface area contributed by atoms with Gasteiger partial charge in [0.1, 0.15) is 5.76 Å². The topological polar surface area (TPSA) is 115 Å². The van der Waals surface area contributed by atoms with Crippen molar-refractivity contribution in [1.29, 1.82) is 0 Å². The zero-order valence-electron chi connectivity index (χ0n) is 12.3. The van der Waals surface area contributed by atoms with E-state index in [2.05, 4.69) is 10.5 Å². The van der Waals surface area contributed by atoms with E-state index in [1.807, 2.05) is 6.92 Å². The fourth-order valence-corrected chi connectivity index (χ4v) is 2.56. The Morgan fingerprint density at radius 1 is 1.27 bits per heavy atom. The van der Waals surface area contributed by atoms with Crippen molar-refractivity contribution in [2.24, 2.45) is 5.14 Å². The van der Waals surface area contributed by atoms with Gasteiger partial charge in [0.2, 0.25) is 15.9 Å². The van der Waals surface area contributed by atoms with E-state index in [9.17, 15) is 13.2 Å². The molecular weight excluding hydrogens is 306 g/mol. The van der Waals surface area contributed by atoms with E-state index in [1.54, 1.807) is 6.92 Å². The zero-order valence-corrected chi connectivity index (χ0v) is 13.1. The predicted octanol–water partition coefficient (Wildman–Crippen LogP) is 1.51. The Bertz CT molecular complexity index is 759. The SMILES string of the molecule is Cc1noc(C)c1CCC(=O)Nc1ccc(S(N)(=O)=O)cc1. The summed E-state index contributed by atoms with van der Waals surface area (Å²) in [5.41, 5.74) is 2.22. The molecule has 0 atom stereocenters. The molecule has 0 fully saturated rings. The number of carbonyl (C=O) groups excluding carboxylic acids is 1. The van der Waals surface area contributed by atoms with Crippen molar-refractivity contribution in [3.63, 3.8) is 0 Å². The second-order valence-electron chi connectivity index (χ2n) is 4.92. The number of aryl methyl sites for hydroxylation is 2. The van der Waals surface area contributed by atoms with Crippen LogP contribution in [0.4, 0.5) is 5.69 Å². The Labute approximate surface area is 128 Å². The Hall–Kier alpha value is -2.19. The van der Waals surface area contributed by atoms with Crippen LogP contribution in [0.2, 0.25) is 0 Å². The van der Waals surface area contributed by atoms with Gasteiger partial charge in [0.25, 0.3) is 0 Å². The quantitative estimate of drug-likeness (QED) is 0.865. The maximum Gasteiger partial charge on any atom is 0.238 e. The number of benzene rings is 1. The highest BCUT2D eigenvalue weighted by atomic mass is 32.2. The molecule has 0 saturated heterocycles. The Balaban J connectivity index is 1.95. The molecule has 8 heteroatoms. The molecule has 1 heterocycles. The number of nitrogens with one attached hydrogen (secondary N) is 1. The van der Waals surface area contributed by atoms with Crippen molar-refractivity contribution in [2.75, 3.05) is 5.32 Å². The molecule has 1 aromatic heterocycles. The smallest absolute Gasteiger partial charge is 0.238 e. The van der Waals surface area contributed by atoms with Crippen LogP contribution >= 0.6 is 0 Å². The van der Waals surface area contributed by atoms with Crippen LogP contribution < -0.4 is 10.5 Å². The summed E-state index contributed by atoms with van der Waals surface area (Å²) in [6.45, 7) is 3.63. The summed E-state index contributed by atoms with van der Waals surface area (Å²) >= 11 is 0. The van der Waals surface area contributed by atoms with Gasteiger partial charge in [-0.1, -0.05) is 5.16 Å². The molecule has 118 valence electrons. The molecule has 0 bridgehead atoms. The molecule has 0 saturated carbocycles. The van der Waals surface area contributed by atoms with Crippen LogP contribution in [0.5, 0.6) is 0 Å². The molecule has 2 rings (SSSR count). The van der Waals surface area contributed by atoms with Crippen LogP contribution in [0.25, 0.3) is 0 Å². The van der Waals surface area contributed by atoms with E-state index in [0.717, 1.165) is 11.3 Å². The van der Waals surface area contributed by atoms with E-state index in [0.29, 0.717) is 17.9 Å². The van der Waals surface area contributed by atoms with Crippen LogP contribution in [-0.2, 0) is 21.2 Å². The number of nitrogens with zero attached hydrogens (tertiary/aromatic N) is 1. The van der Waals surface area contributed by atoms with Gasteiger partial charge < -0.3 is 9.84 Å². The highest BCUT2D eigenvalue weighted by Gasteiger charge is 2.12. The molecule has 22 heavy (non-hydrogen) atoms. The number of primary sulfonamides is 1. The van der Waals surface area contributed by atoms with Crippen molar-refractivity contribution in [3.05, 3.63) is 41.3 Å². The molecule has 7 nitrogen and oxygen atoms in total. The van der Waals surface area contributed by atoms with Gasteiger partial charge in [-0.2, -0.15) is 0 Å². The number of carbonyl (C=O) groups is 1. The van der Waals surface area contributed by atoms with Gasteiger partial charge in [0, 0.05) is 17.7 Å². The van der Waals surface area contributed by atoms with Gasteiger partial charge in [0.05, 0.1) is 10.6 Å². The molecule has 2 aromatic rings. The summed E-state index contributed by atoms with van der Waals surface area (Å²) in [5, 5.41) is 11.5. The lowest BCUT2D eigenvalue weighted by Gasteiger charge is -2.06. The number of rotatable bonds is 5. The summed E-state index contributed by atoms with van der Waals surface area (Å²) in [4.78, 5) is 11.9. The number of hydrogen-bond donors (Lipinski definition) is 2. The molecule has 3 N–H and O–H groups in total. The van der Waals surface area contributed by atoms with Gasteiger partial charge in [-0.25, -0.2) is 13.6 Å². The first-order valence-electron chi connectivity index (χ1n) is 6.62. The minimum Gasteiger partial charge on any atom is -0.361 e. The average Bonchev–Trinajstić information content (AvgIpc) is 2.75. The van der Waals surface area contributed by atoms with Crippen LogP contribution in [0.3, 0.4) is 0 Å². The van der Waals surface area contributed by atoms with Crippen LogP contribution in [-0.4, -0.2) is 19.5 Å². The maximum atomic E-state index is 11.9. The molecular formula is C14H17N3O4S. The van der Waals surface area contributed by atoms with E-state index >= 15 is 0 Å². The largest absolute Gasteiger partial charge is 0.361 e. The van der Waals surface area contributed by atoms with E-state index in [-0.39, 0.29) is 17.2 Å². The first kappa shape index (κ1) is 16.2. The summed E-state index contributed by atoms with van der Waals surface area (Å²) in [5.74, 6) is 0.533. The number of sulfonamides is 1. The Morgan fingerprint density at radius 2 is 1.91 bits per heavy atom. The van der Waals surface area contributed by atoms with Crippen LogP contribution in [0.1, 0.15) is 23.4 Å². The van der Waals surface area contributed by atoms with Crippen molar-refractivity contribution in [1.82, 2.24) is 5.16 Å². The summed E-state index contributed by atoms with van der Waals surface area (Å²) in [7, 11) is -3.73. The third-order valence-corrected chi connectivity index (χ3v) is 4.18. The zero-order chi connectivity index (χ0) is 16.3. The molecule has 1 aromatic carbocycles. The lowest BCUT2D eigenvalue weighted by Crippen LogP contribution is -2.14. The minimum atomic E-state index is -3.73.